The molecule has 3 atom stereocenters. The SMILES string of the molecule is CCC(c1cc(Br)ccc1O)N(C)C1COCC1C(=O)O. The van der Waals surface area contributed by atoms with E-state index in [0.717, 1.165) is 16.5 Å². The molecule has 2 rings (SSSR count). The van der Waals surface area contributed by atoms with Crippen molar-refractivity contribution in [1.29, 1.82) is 0 Å². The molecule has 1 aromatic rings. The first-order valence-corrected chi connectivity index (χ1v) is 7.75. The Morgan fingerprint density at radius 3 is 2.86 bits per heavy atom. The van der Waals surface area contributed by atoms with E-state index in [1.807, 2.05) is 24.9 Å². The maximum Gasteiger partial charge on any atom is 0.310 e. The monoisotopic (exact) mass is 357 g/mol. The number of aromatic hydroxyl groups is 1. The number of carbonyl (C=O) groups is 1. The van der Waals surface area contributed by atoms with Crippen LogP contribution in [0.25, 0.3) is 0 Å². The van der Waals surface area contributed by atoms with Gasteiger partial charge in [-0.3, -0.25) is 9.69 Å². The number of rotatable bonds is 5. The Kier molecular flexibility index (Phi) is 5.24. The molecule has 2 N–H and O–H groups in total. The molecule has 1 saturated heterocycles. The van der Waals surface area contributed by atoms with Crippen molar-refractivity contribution in [2.75, 3.05) is 20.3 Å². The van der Waals surface area contributed by atoms with E-state index in [1.54, 1.807) is 12.1 Å². The van der Waals surface area contributed by atoms with Crippen LogP contribution in [0.4, 0.5) is 0 Å². The minimum atomic E-state index is -0.835. The summed E-state index contributed by atoms with van der Waals surface area (Å²) in [5, 5.41) is 19.4. The number of ether oxygens (including phenoxy) is 1. The molecule has 0 bridgehead atoms. The summed E-state index contributed by atoms with van der Waals surface area (Å²) in [5.41, 5.74) is 0.797. The van der Waals surface area contributed by atoms with Gasteiger partial charge in [-0.1, -0.05) is 22.9 Å². The van der Waals surface area contributed by atoms with E-state index < -0.39 is 11.9 Å². The number of aliphatic carboxylic acids is 1. The third kappa shape index (κ3) is 3.39. The number of halogens is 1. The molecule has 0 spiro atoms. The molecule has 1 fully saturated rings. The van der Waals surface area contributed by atoms with E-state index in [-0.39, 0.29) is 24.4 Å². The third-order valence-electron chi connectivity index (χ3n) is 4.12. The quantitative estimate of drug-likeness (QED) is 0.847. The minimum Gasteiger partial charge on any atom is -0.508 e. The van der Waals surface area contributed by atoms with Gasteiger partial charge in [0.2, 0.25) is 0 Å². The van der Waals surface area contributed by atoms with Gasteiger partial charge in [0.05, 0.1) is 19.1 Å². The molecule has 21 heavy (non-hydrogen) atoms. The van der Waals surface area contributed by atoms with E-state index in [2.05, 4.69) is 15.9 Å². The molecule has 0 aliphatic carbocycles. The number of phenols is 1. The molecule has 0 radical (unpaired) electrons. The van der Waals surface area contributed by atoms with Crippen molar-refractivity contribution in [2.24, 2.45) is 5.92 Å². The first kappa shape index (κ1) is 16.3. The molecule has 5 nitrogen and oxygen atoms in total. The summed E-state index contributed by atoms with van der Waals surface area (Å²) < 4.78 is 6.23. The molecule has 6 heteroatoms. The Bertz CT molecular complexity index is 522. The summed E-state index contributed by atoms with van der Waals surface area (Å²) in [4.78, 5) is 13.3. The lowest BCUT2D eigenvalue weighted by molar-refractivity contribution is -0.143. The molecule has 3 unspecified atom stereocenters. The van der Waals surface area contributed by atoms with Crippen LogP contribution in [-0.4, -0.2) is 47.4 Å². The fourth-order valence-electron chi connectivity index (χ4n) is 2.93. The lowest BCUT2D eigenvalue weighted by Gasteiger charge is -2.34. The van der Waals surface area contributed by atoms with Crippen molar-refractivity contribution in [3.63, 3.8) is 0 Å². The van der Waals surface area contributed by atoms with Gasteiger partial charge in [0.1, 0.15) is 5.75 Å². The maximum atomic E-state index is 11.3. The van der Waals surface area contributed by atoms with Crippen molar-refractivity contribution in [3.8, 4) is 5.75 Å². The summed E-state index contributed by atoms with van der Waals surface area (Å²) in [6.07, 6.45) is 0.767. The molecule has 1 aliphatic heterocycles. The van der Waals surface area contributed by atoms with E-state index in [0.29, 0.717) is 6.61 Å². The van der Waals surface area contributed by atoms with Gasteiger partial charge >= 0.3 is 5.97 Å². The lowest BCUT2D eigenvalue weighted by atomic mass is 9.96. The summed E-state index contributed by atoms with van der Waals surface area (Å²) in [6.45, 7) is 2.66. The molecule has 1 aliphatic rings. The highest BCUT2D eigenvalue weighted by Gasteiger charge is 2.39. The number of phenolic OH excluding ortho intramolecular Hbond substituents is 1. The lowest BCUT2D eigenvalue weighted by Crippen LogP contribution is -2.42. The van der Waals surface area contributed by atoms with Gasteiger partial charge in [0.15, 0.2) is 0 Å². The molecule has 0 saturated carbocycles. The Hall–Kier alpha value is -1.11. The normalized spacial score (nSPS) is 23.4. The van der Waals surface area contributed by atoms with E-state index in [4.69, 9.17) is 4.74 Å². The van der Waals surface area contributed by atoms with Crippen LogP contribution in [0.1, 0.15) is 24.9 Å². The van der Waals surface area contributed by atoms with Crippen LogP contribution in [0.3, 0.4) is 0 Å². The number of carboxylic acid groups (broad SMARTS) is 1. The highest BCUT2D eigenvalue weighted by molar-refractivity contribution is 9.10. The second-order valence-corrected chi connectivity index (χ2v) is 6.26. The fourth-order valence-corrected chi connectivity index (χ4v) is 3.31. The number of carboxylic acids is 1. The standard InChI is InChI=1S/C15H20BrNO4/c1-3-12(10-6-9(16)4-5-14(10)18)17(2)13-8-21-7-11(13)15(19)20/h4-6,11-13,18H,3,7-8H2,1-2H3,(H,19,20). The highest BCUT2D eigenvalue weighted by atomic mass is 79.9. The number of hydrogen-bond donors (Lipinski definition) is 2. The van der Waals surface area contributed by atoms with Crippen LogP contribution in [0.5, 0.6) is 5.75 Å². The van der Waals surface area contributed by atoms with Gasteiger partial charge in [-0.2, -0.15) is 0 Å². The first-order valence-electron chi connectivity index (χ1n) is 6.96. The van der Waals surface area contributed by atoms with Crippen LogP contribution in [0, 0.1) is 5.92 Å². The van der Waals surface area contributed by atoms with Gasteiger partial charge in [0, 0.05) is 22.1 Å². The Balaban J connectivity index is 2.28. The van der Waals surface area contributed by atoms with Crippen LogP contribution in [-0.2, 0) is 9.53 Å². The van der Waals surface area contributed by atoms with Gasteiger partial charge < -0.3 is 14.9 Å². The Labute approximate surface area is 132 Å². The fraction of sp³-hybridized carbons (Fsp3) is 0.533. The minimum absolute atomic E-state index is 0.0592. The maximum absolute atomic E-state index is 11.3. The number of hydrogen-bond acceptors (Lipinski definition) is 4. The molecule has 116 valence electrons. The van der Waals surface area contributed by atoms with Crippen molar-refractivity contribution in [3.05, 3.63) is 28.2 Å². The second kappa shape index (κ2) is 6.77. The zero-order chi connectivity index (χ0) is 15.6. The highest BCUT2D eigenvalue weighted by Crippen LogP contribution is 2.35. The number of likely N-dealkylation sites (N-methyl/N-ethyl adjacent to an activating group) is 1. The summed E-state index contributed by atoms with van der Waals surface area (Å²) in [5.74, 6) is -1.14. The van der Waals surface area contributed by atoms with Crippen LogP contribution in [0.2, 0.25) is 0 Å². The topological polar surface area (TPSA) is 70.0 Å². The summed E-state index contributed by atoms with van der Waals surface area (Å²) in [7, 11) is 1.89. The molecule has 1 heterocycles. The van der Waals surface area contributed by atoms with Gasteiger partial charge in [-0.15, -0.1) is 0 Å². The molecule has 1 aromatic carbocycles. The smallest absolute Gasteiger partial charge is 0.310 e. The predicted octanol–water partition coefficient (Wildman–Crippen LogP) is 2.64. The largest absolute Gasteiger partial charge is 0.508 e. The summed E-state index contributed by atoms with van der Waals surface area (Å²) >= 11 is 3.41. The van der Waals surface area contributed by atoms with E-state index >= 15 is 0 Å². The number of benzene rings is 1. The first-order chi connectivity index (χ1) is 9.95. The predicted molar refractivity (Wildman–Crippen MR) is 82.3 cm³/mol. The van der Waals surface area contributed by atoms with Crippen LogP contribution >= 0.6 is 15.9 Å². The average molecular weight is 358 g/mol. The van der Waals surface area contributed by atoms with Crippen molar-refractivity contribution in [1.82, 2.24) is 4.90 Å². The number of nitrogens with zero attached hydrogens (tertiary/aromatic N) is 1. The van der Waals surface area contributed by atoms with Crippen LogP contribution < -0.4 is 0 Å². The van der Waals surface area contributed by atoms with Gasteiger partial charge in [-0.05, 0) is 31.7 Å². The van der Waals surface area contributed by atoms with Crippen molar-refractivity contribution < 1.29 is 19.7 Å². The molecular weight excluding hydrogens is 338 g/mol. The van der Waals surface area contributed by atoms with E-state index in [1.165, 1.54) is 0 Å². The molecule has 0 aromatic heterocycles. The zero-order valence-corrected chi connectivity index (χ0v) is 13.7. The second-order valence-electron chi connectivity index (χ2n) is 5.34. The van der Waals surface area contributed by atoms with Crippen molar-refractivity contribution >= 4 is 21.9 Å². The third-order valence-corrected chi connectivity index (χ3v) is 4.61. The van der Waals surface area contributed by atoms with Gasteiger partial charge in [0.25, 0.3) is 0 Å². The summed E-state index contributed by atoms with van der Waals surface area (Å²) in [6, 6.07) is 5.06. The molecule has 0 amide bonds. The van der Waals surface area contributed by atoms with Gasteiger partial charge in [-0.25, -0.2) is 0 Å². The van der Waals surface area contributed by atoms with Crippen LogP contribution in [0.15, 0.2) is 22.7 Å². The van der Waals surface area contributed by atoms with E-state index in [9.17, 15) is 15.0 Å². The Morgan fingerprint density at radius 1 is 1.52 bits per heavy atom. The molecular formula is C15H20BrNO4. The Morgan fingerprint density at radius 2 is 2.24 bits per heavy atom. The zero-order valence-electron chi connectivity index (χ0n) is 12.1. The average Bonchev–Trinajstić information content (AvgIpc) is 2.92. The van der Waals surface area contributed by atoms with Crippen molar-refractivity contribution in [2.45, 2.75) is 25.4 Å².